The maximum absolute atomic E-state index is 13.2. The van der Waals surface area contributed by atoms with Crippen LogP contribution in [0.25, 0.3) is 0 Å². The minimum absolute atomic E-state index is 0.0257. The lowest BCUT2D eigenvalue weighted by molar-refractivity contribution is -0.385. The Balaban J connectivity index is 2.75. The number of anilines is 1. The number of carboxylic acid groups (broad SMARTS) is 1. The quantitative estimate of drug-likeness (QED) is 0.484. The summed E-state index contributed by atoms with van der Waals surface area (Å²) in [6, 6.07) is 5.79. The van der Waals surface area contributed by atoms with Gasteiger partial charge in [-0.25, -0.2) is 8.42 Å². The summed E-state index contributed by atoms with van der Waals surface area (Å²) in [7, 11) is -1.97. The highest BCUT2D eigenvalue weighted by molar-refractivity contribution is 7.92. The van der Waals surface area contributed by atoms with Crippen molar-refractivity contribution in [3.63, 3.8) is 0 Å². The molecule has 10 nitrogen and oxygen atoms in total. The van der Waals surface area contributed by atoms with Crippen molar-refractivity contribution in [3.8, 4) is 11.5 Å². The van der Waals surface area contributed by atoms with Gasteiger partial charge in [0.15, 0.2) is 0 Å². The number of nitrogens with zero attached hydrogens (tertiary/aromatic N) is 2. The van der Waals surface area contributed by atoms with E-state index in [1.165, 1.54) is 39.3 Å². The lowest BCUT2D eigenvalue weighted by atomic mass is 10.2. The molecule has 0 bridgehead atoms. The van der Waals surface area contributed by atoms with Crippen LogP contribution in [0.3, 0.4) is 0 Å². The van der Waals surface area contributed by atoms with E-state index < -0.39 is 38.0 Å². The third-order valence-corrected chi connectivity index (χ3v) is 6.02. The fourth-order valence-corrected chi connectivity index (χ4v) is 4.20. The van der Waals surface area contributed by atoms with Crippen LogP contribution in [0.15, 0.2) is 35.2 Å². The van der Waals surface area contributed by atoms with Crippen molar-refractivity contribution >= 4 is 39.0 Å². The number of halogens is 1. The number of aliphatic carboxylic acids is 1. The molecule has 0 amide bonds. The van der Waals surface area contributed by atoms with Gasteiger partial charge in [-0.15, -0.1) is 0 Å². The molecule has 29 heavy (non-hydrogen) atoms. The number of ether oxygens (including phenoxy) is 2. The zero-order valence-electron chi connectivity index (χ0n) is 15.6. The molecule has 2 rings (SSSR count). The molecule has 0 aliphatic heterocycles. The van der Waals surface area contributed by atoms with Crippen molar-refractivity contribution in [1.29, 1.82) is 0 Å². The average Bonchev–Trinajstić information content (AvgIpc) is 2.65. The molecule has 0 saturated heterocycles. The molecule has 0 aliphatic carbocycles. The topological polar surface area (TPSA) is 136 Å². The normalized spacial score (nSPS) is 11.0. The number of hydrogen-bond donors (Lipinski definition) is 1. The van der Waals surface area contributed by atoms with Crippen LogP contribution in [0.4, 0.5) is 11.4 Å². The Hall–Kier alpha value is -3.05. The summed E-state index contributed by atoms with van der Waals surface area (Å²) < 4.78 is 37.2. The van der Waals surface area contributed by atoms with Gasteiger partial charge in [0, 0.05) is 23.8 Å². The Kier molecular flexibility index (Phi) is 6.55. The number of carbonyl (C=O) groups is 1. The molecule has 0 unspecified atom stereocenters. The number of sulfonamides is 1. The van der Waals surface area contributed by atoms with Crippen LogP contribution >= 0.6 is 11.6 Å². The number of nitro groups is 1. The highest BCUT2D eigenvalue weighted by Gasteiger charge is 2.32. The molecule has 0 atom stereocenters. The number of benzene rings is 2. The molecule has 0 aliphatic rings. The van der Waals surface area contributed by atoms with Gasteiger partial charge in [-0.3, -0.25) is 19.2 Å². The molecule has 2 aromatic rings. The number of rotatable bonds is 8. The molecule has 0 aromatic heterocycles. The van der Waals surface area contributed by atoms with E-state index in [1.54, 1.807) is 0 Å². The first-order valence-corrected chi connectivity index (χ1v) is 9.75. The van der Waals surface area contributed by atoms with E-state index in [0.29, 0.717) is 4.31 Å². The number of methoxy groups -OCH3 is 2. The molecule has 0 saturated carbocycles. The van der Waals surface area contributed by atoms with E-state index in [-0.39, 0.29) is 27.8 Å². The Morgan fingerprint density at radius 2 is 1.83 bits per heavy atom. The lowest BCUT2D eigenvalue weighted by Gasteiger charge is -2.25. The van der Waals surface area contributed by atoms with Crippen molar-refractivity contribution in [2.75, 3.05) is 25.1 Å². The molecule has 12 heteroatoms. The predicted molar refractivity (Wildman–Crippen MR) is 105 cm³/mol. The number of nitro benzene ring substituents is 1. The molecule has 0 spiro atoms. The van der Waals surface area contributed by atoms with Crippen molar-refractivity contribution in [1.82, 2.24) is 0 Å². The first-order chi connectivity index (χ1) is 13.5. The standard InChI is InChI=1S/C17H17ClN2O8S/c1-10-4-5-11(6-13(10)20(23)24)29(25,26)19(9-17(21)22)14-8-15(27-2)12(18)7-16(14)28-3/h4-8H,9H2,1-3H3,(H,21,22). The van der Waals surface area contributed by atoms with Crippen LogP contribution in [-0.2, 0) is 14.8 Å². The van der Waals surface area contributed by atoms with Gasteiger partial charge in [-0.1, -0.05) is 17.7 Å². The summed E-state index contributed by atoms with van der Waals surface area (Å²) >= 11 is 6.03. The second-order valence-corrected chi connectivity index (χ2v) is 8.04. The maximum atomic E-state index is 13.2. The molecule has 156 valence electrons. The number of hydrogen-bond acceptors (Lipinski definition) is 7. The van der Waals surface area contributed by atoms with E-state index in [4.69, 9.17) is 21.1 Å². The smallest absolute Gasteiger partial charge is 0.324 e. The lowest BCUT2D eigenvalue weighted by Crippen LogP contribution is -2.36. The Labute approximate surface area is 171 Å². The van der Waals surface area contributed by atoms with E-state index in [2.05, 4.69) is 0 Å². The van der Waals surface area contributed by atoms with Crippen LogP contribution in [0.1, 0.15) is 5.56 Å². The van der Waals surface area contributed by atoms with Gasteiger partial charge in [0.1, 0.15) is 18.0 Å². The van der Waals surface area contributed by atoms with Gasteiger partial charge < -0.3 is 14.6 Å². The summed E-state index contributed by atoms with van der Waals surface area (Å²) in [5.41, 5.74) is -0.314. The van der Waals surface area contributed by atoms with Crippen LogP contribution in [-0.4, -0.2) is 45.2 Å². The third-order valence-electron chi connectivity index (χ3n) is 3.97. The fraction of sp³-hybridized carbons (Fsp3) is 0.235. The minimum Gasteiger partial charge on any atom is -0.495 e. The van der Waals surface area contributed by atoms with Crippen LogP contribution in [0.5, 0.6) is 11.5 Å². The van der Waals surface area contributed by atoms with E-state index in [9.17, 15) is 28.4 Å². The Morgan fingerprint density at radius 3 is 2.34 bits per heavy atom. The molecule has 2 aromatic carbocycles. The van der Waals surface area contributed by atoms with Gasteiger partial charge in [-0.2, -0.15) is 0 Å². The Bertz CT molecular complexity index is 1070. The summed E-state index contributed by atoms with van der Waals surface area (Å²) in [6.45, 7) is 0.488. The van der Waals surface area contributed by atoms with E-state index >= 15 is 0 Å². The number of carboxylic acids is 1. The van der Waals surface area contributed by atoms with Crippen LogP contribution in [0.2, 0.25) is 5.02 Å². The van der Waals surface area contributed by atoms with Gasteiger partial charge in [0.25, 0.3) is 15.7 Å². The van der Waals surface area contributed by atoms with Crippen molar-refractivity contribution in [2.45, 2.75) is 11.8 Å². The van der Waals surface area contributed by atoms with Crippen LogP contribution < -0.4 is 13.8 Å². The first-order valence-electron chi connectivity index (χ1n) is 7.94. The third kappa shape index (κ3) is 4.51. The van der Waals surface area contributed by atoms with Crippen molar-refractivity contribution in [2.24, 2.45) is 0 Å². The summed E-state index contributed by atoms with van der Waals surface area (Å²) in [4.78, 5) is 21.4. The van der Waals surface area contributed by atoms with Gasteiger partial charge in [-0.05, 0) is 13.0 Å². The van der Waals surface area contributed by atoms with E-state index in [0.717, 1.165) is 12.1 Å². The first kappa shape index (κ1) is 22.2. The highest BCUT2D eigenvalue weighted by Crippen LogP contribution is 2.40. The van der Waals surface area contributed by atoms with E-state index in [1.807, 2.05) is 0 Å². The summed E-state index contributed by atoms with van der Waals surface area (Å²) in [6.07, 6.45) is 0. The van der Waals surface area contributed by atoms with Gasteiger partial charge in [0.05, 0.1) is 34.7 Å². The summed E-state index contributed by atoms with van der Waals surface area (Å²) in [5.74, 6) is -1.39. The number of aryl methyl sites for hydroxylation is 1. The van der Waals surface area contributed by atoms with Crippen molar-refractivity contribution in [3.05, 3.63) is 51.0 Å². The molecular formula is C17H17ClN2O8S. The average molecular weight is 445 g/mol. The van der Waals surface area contributed by atoms with Gasteiger partial charge >= 0.3 is 5.97 Å². The SMILES string of the molecule is COc1cc(N(CC(=O)O)S(=O)(=O)c2ccc(C)c([N+](=O)[O-])c2)c(OC)cc1Cl. The zero-order valence-corrected chi connectivity index (χ0v) is 17.2. The highest BCUT2D eigenvalue weighted by atomic mass is 35.5. The molecule has 0 heterocycles. The molecule has 1 N–H and O–H groups in total. The minimum atomic E-state index is -4.52. The monoisotopic (exact) mass is 444 g/mol. The summed E-state index contributed by atoms with van der Waals surface area (Å²) in [5, 5.41) is 20.6. The van der Waals surface area contributed by atoms with Gasteiger partial charge in [0.2, 0.25) is 0 Å². The predicted octanol–water partition coefficient (Wildman–Crippen LogP) is 2.85. The molecule has 0 radical (unpaired) electrons. The largest absolute Gasteiger partial charge is 0.495 e. The second-order valence-electron chi connectivity index (χ2n) is 5.77. The second kappa shape index (κ2) is 8.53. The molecule has 0 fully saturated rings. The van der Waals surface area contributed by atoms with Crippen LogP contribution in [0, 0.1) is 17.0 Å². The fourth-order valence-electron chi connectivity index (χ4n) is 2.54. The maximum Gasteiger partial charge on any atom is 0.324 e. The Morgan fingerprint density at radius 1 is 1.21 bits per heavy atom. The van der Waals surface area contributed by atoms with Crippen molar-refractivity contribution < 1.29 is 32.7 Å². The zero-order chi connectivity index (χ0) is 21.9. The molecular weight excluding hydrogens is 428 g/mol.